The summed E-state index contributed by atoms with van der Waals surface area (Å²) in [6.45, 7) is 1.88. The zero-order valence-electron chi connectivity index (χ0n) is 18.3. The van der Waals surface area contributed by atoms with Crippen LogP contribution in [-0.2, 0) is 6.54 Å². The lowest BCUT2D eigenvalue weighted by molar-refractivity contribution is 0.0714. The van der Waals surface area contributed by atoms with Crippen LogP contribution in [0.15, 0.2) is 63.8 Å². The van der Waals surface area contributed by atoms with Crippen LogP contribution in [0.3, 0.4) is 0 Å². The van der Waals surface area contributed by atoms with Gasteiger partial charge in [-0.05, 0) is 60.0 Å². The zero-order chi connectivity index (χ0) is 24.1. The van der Waals surface area contributed by atoms with Crippen molar-refractivity contribution >= 4 is 28.5 Å². The van der Waals surface area contributed by atoms with E-state index in [4.69, 9.17) is 20.8 Å². The number of phenolic OH excluding ortho intramolecular Hbond substituents is 1. The molecule has 0 aliphatic carbocycles. The number of carbonyl (C=O) groups excluding carboxylic acids is 1. The zero-order valence-corrected chi connectivity index (χ0v) is 19.0. The molecule has 0 radical (unpaired) electrons. The lowest BCUT2D eigenvalue weighted by atomic mass is 9.97. The van der Waals surface area contributed by atoms with Crippen LogP contribution in [0.5, 0.6) is 11.5 Å². The number of methoxy groups -OCH3 is 1. The van der Waals surface area contributed by atoms with Gasteiger partial charge in [-0.15, -0.1) is 0 Å². The number of fused-ring (bicyclic) bond motifs is 2. The highest BCUT2D eigenvalue weighted by Crippen LogP contribution is 2.41. The molecule has 1 aliphatic heterocycles. The molecule has 4 aromatic rings. The molecule has 2 heterocycles. The van der Waals surface area contributed by atoms with Gasteiger partial charge in [0.1, 0.15) is 11.4 Å². The molecule has 5 rings (SSSR count). The minimum atomic E-state index is -0.817. The Morgan fingerprint density at radius 2 is 1.85 bits per heavy atom. The van der Waals surface area contributed by atoms with Crippen molar-refractivity contribution in [2.24, 2.45) is 0 Å². The summed E-state index contributed by atoms with van der Waals surface area (Å²) in [6.07, 6.45) is 0. The number of amides is 1. The van der Waals surface area contributed by atoms with Crippen molar-refractivity contribution in [3.8, 4) is 11.5 Å². The topological polar surface area (TPSA) is 80.0 Å². The van der Waals surface area contributed by atoms with Crippen LogP contribution >= 0.6 is 11.6 Å². The number of hydrogen-bond acceptors (Lipinski definition) is 5. The maximum absolute atomic E-state index is 13.6. The molecule has 0 saturated heterocycles. The molecule has 1 aliphatic rings. The molecule has 0 saturated carbocycles. The third kappa shape index (κ3) is 3.49. The van der Waals surface area contributed by atoms with E-state index in [0.717, 1.165) is 0 Å². The lowest BCUT2D eigenvalue weighted by Gasteiger charge is -2.25. The quantitative estimate of drug-likeness (QED) is 0.426. The number of halogens is 2. The first-order valence-corrected chi connectivity index (χ1v) is 10.9. The summed E-state index contributed by atoms with van der Waals surface area (Å²) in [7, 11) is 1.41. The van der Waals surface area contributed by atoms with Gasteiger partial charge in [0.15, 0.2) is 16.9 Å². The van der Waals surface area contributed by atoms with Gasteiger partial charge in [-0.2, -0.15) is 0 Å². The summed E-state index contributed by atoms with van der Waals surface area (Å²) in [5, 5.41) is 10.7. The highest BCUT2D eigenvalue weighted by Gasteiger charge is 2.43. The van der Waals surface area contributed by atoms with Gasteiger partial charge in [0, 0.05) is 11.6 Å². The van der Waals surface area contributed by atoms with E-state index in [1.807, 2.05) is 0 Å². The van der Waals surface area contributed by atoms with Gasteiger partial charge < -0.3 is 19.2 Å². The van der Waals surface area contributed by atoms with E-state index in [1.165, 1.54) is 30.2 Å². The lowest BCUT2D eigenvalue weighted by Crippen LogP contribution is -2.29. The number of hydrogen-bond donors (Lipinski definition) is 1. The number of phenols is 1. The Hall–Kier alpha value is -3.84. The van der Waals surface area contributed by atoms with E-state index in [-0.39, 0.29) is 45.8 Å². The van der Waals surface area contributed by atoms with Gasteiger partial charge in [-0.3, -0.25) is 9.59 Å². The number of rotatable bonds is 4. The summed E-state index contributed by atoms with van der Waals surface area (Å²) in [5.74, 6) is -0.797. The van der Waals surface area contributed by atoms with Crippen molar-refractivity contribution in [3.05, 3.63) is 104 Å². The summed E-state index contributed by atoms with van der Waals surface area (Å²) in [4.78, 5) is 28.7. The summed E-state index contributed by atoms with van der Waals surface area (Å²) in [6, 6.07) is 12.8. The first kappa shape index (κ1) is 22.0. The van der Waals surface area contributed by atoms with Crippen molar-refractivity contribution in [2.75, 3.05) is 7.11 Å². The standard InChI is InChI=1S/C26H19ClFNO5/c1-13-9-20-17(11-18(13)27)24(31)22-23(15-5-8-19(30)21(10-15)33-2)29(26(32)25(22)34-20)12-14-3-6-16(28)7-4-14/h3-11,23,30H,12H2,1-2H3. The Balaban J connectivity index is 1.74. The van der Waals surface area contributed by atoms with Gasteiger partial charge in [0.2, 0.25) is 5.76 Å². The smallest absolute Gasteiger partial charge is 0.291 e. The maximum atomic E-state index is 13.6. The van der Waals surface area contributed by atoms with Crippen molar-refractivity contribution in [3.63, 3.8) is 0 Å². The molecule has 0 bridgehead atoms. The van der Waals surface area contributed by atoms with Crippen LogP contribution in [-0.4, -0.2) is 23.0 Å². The SMILES string of the molecule is COc1cc(C2c3c(oc4cc(C)c(Cl)cc4c3=O)C(=O)N2Cc2ccc(F)cc2)ccc1O. The highest BCUT2D eigenvalue weighted by atomic mass is 35.5. The van der Waals surface area contributed by atoms with Gasteiger partial charge >= 0.3 is 0 Å². The first-order chi connectivity index (χ1) is 16.3. The van der Waals surface area contributed by atoms with Crippen LogP contribution in [0.1, 0.15) is 38.9 Å². The number of aromatic hydroxyl groups is 1. The fourth-order valence-electron chi connectivity index (χ4n) is 4.30. The fraction of sp³-hybridized carbons (Fsp3) is 0.154. The van der Waals surface area contributed by atoms with Crippen molar-refractivity contribution in [1.29, 1.82) is 0 Å². The largest absolute Gasteiger partial charge is 0.504 e. The Labute approximate surface area is 198 Å². The molecule has 1 unspecified atom stereocenters. The second kappa shape index (κ2) is 8.18. The monoisotopic (exact) mass is 479 g/mol. The minimum Gasteiger partial charge on any atom is -0.504 e. The number of benzene rings is 3. The molecule has 0 spiro atoms. The molecule has 8 heteroatoms. The normalized spacial score (nSPS) is 15.1. The van der Waals surface area contributed by atoms with Crippen LogP contribution in [0.2, 0.25) is 5.02 Å². The second-order valence-corrected chi connectivity index (χ2v) is 8.57. The molecule has 1 atom stereocenters. The average Bonchev–Trinajstić information content (AvgIpc) is 3.09. The number of aryl methyl sites for hydroxylation is 1. The van der Waals surface area contributed by atoms with Crippen molar-refractivity contribution in [1.82, 2.24) is 4.90 Å². The van der Waals surface area contributed by atoms with Crippen LogP contribution < -0.4 is 10.2 Å². The first-order valence-electron chi connectivity index (χ1n) is 10.5. The number of carbonyl (C=O) groups is 1. The average molecular weight is 480 g/mol. The fourth-order valence-corrected chi connectivity index (χ4v) is 4.46. The minimum absolute atomic E-state index is 0.0571. The summed E-state index contributed by atoms with van der Waals surface area (Å²) < 4.78 is 24.7. The highest BCUT2D eigenvalue weighted by molar-refractivity contribution is 6.32. The van der Waals surface area contributed by atoms with E-state index >= 15 is 0 Å². The molecular formula is C26H19ClFNO5. The van der Waals surface area contributed by atoms with Crippen molar-refractivity contribution < 1.29 is 23.4 Å². The third-order valence-corrected chi connectivity index (χ3v) is 6.44. The van der Waals surface area contributed by atoms with Gasteiger partial charge in [0.05, 0.1) is 24.1 Å². The second-order valence-electron chi connectivity index (χ2n) is 8.16. The summed E-state index contributed by atoms with van der Waals surface area (Å²) >= 11 is 6.27. The van der Waals surface area contributed by atoms with Gasteiger partial charge in [0.25, 0.3) is 5.91 Å². The third-order valence-electron chi connectivity index (χ3n) is 6.03. The van der Waals surface area contributed by atoms with E-state index in [1.54, 1.807) is 43.3 Å². The van der Waals surface area contributed by atoms with Gasteiger partial charge in [-0.1, -0.05) is 29.8 Å². The number of ether oxygens (including phenoxy) is 1. The molecule has 0 fully saturated rings. The van der Waals surface area contributed by atoms with Crippen molar-refractivity contribution in [2.45, 2.75) is 19.5 Å². The molecule has 1 amide bonds. The predicted molar refractivity (Wildman–Crippen MR) is 125 cm³/mol. The molecule has 1 aromatic heterocycles. The van der Waals surface area contributed by atoms with E-state index in [9.17, 15) is 19.1 Å². The van der Waals surface area contributed by atoms with E-state index in [0.29, 0.717) is 21.7 Å². The van der Waals surface area contributed by atoms with E-state index < -0.39 is 17.8 Å². The Morgan fingerprint density at radius 3 is 2.56 bits per heavy atom. The number of nitrogens with zero attached hydrogens (tertiary/aromatic N) is 1. The van der Waals surface area contributed by atoms with E-state index in [2.05, 4.69) is 0 Å². The molecule has 3 aromatic carbocycles. The Kier molecular flexibility index (Phi) is 5.29. The predicted octanol–water partition coefficient (Wildman–Crippen LogP) is 5.35. The molecule has 6 nitrogen and oxygen atoms in total. The summed E-state index contributed by atoms with van der Waals surface area (Å²) in [5.41, 5.74) is 2.01. The van der Waals surface area contributed by atoms with Crippen LogP contribution in [0.4, 0.5) is 4.39 Å². The molecule has 1 N–H and O–H groups in total. The molecule has 172 valence electrons. The maximum Gasteiger partial charge on any atom is 0.291 e. The Bertz CT molecular complexity index is 1510. The molecular weight excluding hydrogens is 461 g/mol. The van der Waals surface area contributed by atoms with Crippen LogP contribution in [0, 0.1) is 12.7 Å². The molecule has 34 heavy (non-hydrogen) atoms. The van der Waals surface area contributed by atoms with Gasteiger partial charge in [-0.25, -0.2) is 4.39 Å². The Morgan fingerprint density at radius 1 is 1.12 bits per heavy atom. The van der Waals surface area contributed by atoms with Crippen LogP contribution in [0.25, 0.3) is 11.0 Å².